The zero-order valence-corrected chi connectivity index (χ0v) is 17.6. The lowest BCUT2D eigenvalue weighted by atomic mass is 10.1. The summed E-state index contributed by atoms with van der Waals surface area (Å²) in [6.07, 6.45) is 2.55. The van der Waals surface area contributed by atoms with Gasteiger partial charge >= 0.3 is 0 Å². The largest absolute Gasteiger partial charge is 0.325 e. The van der Waals surface area contributed by atoms with Gasteiger partial charge in [0, 0.05) is 24.5 Å². The summed E-state index contributed by atoms with van der Waals surface area (Å²) >= 11 is 0. The first kappa shape index (κ1) is 21.9. The molecule has 0 unspecified atom stereocenters. The van der Waals surface area contributed by atoms with Crippen LogP contribution in [-0.2, 0) is 0 Å². The van der Waals surface area contributed by atoms with Gasteiger partial charge in [-0.2, -0.15) is 0 Å². The van der Waals surface area contributed by atoms with E-state index in [1.807, 2.05) is 49.3 Å². The third-order valence-electron chi connectivity index (χ3n) is 4.69. The number of carbonyl (C=O) groups is 1. The maximum Gasteiger partial charge on any atom is 0.282 e. The summed E-state index contributed by atoms with van der Waals surface area (Å²) < 4.78 is 0. The highest BCUT2D eigenvalue weighted by molar-refractivity contribution is 6.08. The Kier molecular flexibility index (Phi) is 7.29. The van der Waals surface area contributed by atoms with E-state index < -0.39 is 10.8 Å². The summed E-state index contributed by atoms with van der Waals surface area (Å²) in [7, 11) is 4.04. The summed E-state index contributed by atoms with van der Waals surface area (Å²) in [6, 6.07) is 19.2. The number of hydrogen-bond acceptors (Lipinski definition) is 6. The highest BCUT2D eigenvalue weighted by atomic mass is 16.6. The van der Waals surface area contributed by atoms with E-state index in [9.17, 15) is 14.9 Å². The lowest BCUT2D eigenvalue weighted by Gasteiger charge is -2.26. The van der Waals surface area contributed by atoms with E-state index in [4.69, 9.17) is 0 Å². The molecule has 1 aromatic heterocycles. The minimum atomic E-state index is -0.559. The first-order chi connectivity index (χ1) is 15.0. The monoisotopic (exact) mass is 419 g/mol. The molecule has 0 aliphatic rings. The van der Waals surface area contributed by atoms with Crippen LogP contribution in [0.5, 0.6) is 0 Å². The molecule has 0 bridgehead atoms. The van der Waals surface area contributed by atoms with Gasteiger partial charge in [-0.1, -0.05) is 30.3 Å². The zero-order valence-electron chi connectivity index (χ0n) is 17.6. The fraction of sp³-hybridized carbons (Fsp3) is 0.217. The second-order valence-electron chi connectivity index (χ2n) is 7.25. The van der Waals surface area contributed by atoms with Crippen molar-refractivity contribution in [3.8, 4) is 0 Å². The van der Waals surface area contributed by atoms with Crippen LogP contribution in [0.2, 0.25) is 0 Å². The number of nitrogens with zero attached hydrogens (tertiary/aromatic N) is 4. The first-order valence-corrected chi connectivity index (χ1v) is 9.94. The number of carbonyl (C=O) groups excluding carboxylic acids is 1. The summed E-state index contributed by atoms with van der Waals surface area (Å²) in [4.78, 5) is 32.3. The lowest BCUT2D eigenvalue weighted by molar-refractivity contribution is -0.385. The number of anilines is 3. The molecular formula is C23H25N5O3. The van der Waals surface area contributed by atoms with E-state index in [-0.39, 0.29) is 11.3 Å². The van der Waals surface area contributed by atoms with Gasteiger partial charge in [0.1, 0.15) is 5.56 Å². The summed E-state index contributed by atoms with van der Waals surface area (Å²) in [6.45, 7) is 1.58. The molecule has 160 valence electrons. The lowest BCUT2D eigenvalue weighted by Crippen LogP contribution is -2.25. The van der Waals surface area contributed by atoms with Gasteiger partial charge in [0.05, 0.1) is 10.6 Å². The maximum absolute atomic E-state index is 12.9. The van der Waals surface area contributed by atoms with Crippen LogP contribution in [-0.4, -0.2) is 47.9 Å². The van der Waals surface area contributed by atoms with Crippen LogP contribution in [0, 0.1) is 10.1 Å². The van der Waals surface area contributed by atoms with E-state index in [0.717, 1.165) is 18.7 Å². The second kappa shape index (κ2) is 10.3. The highest BCUT2D eigenvalue weighted by Crippen LogP contribution is 2.31. The molecule has 8 nitrogen and oxygen atoms in total. The van der Waals surface area contributed by atoms with Crippen LogP contribution in [0.15, 0.2) is 72.9 Å². The Morgan fingerprint density at radius 2 is 1.71 bits per heavy atom. The molecule has 1 amide bonds. The Balaban J connectivity index is 1.93. The highest BCUT2D eigenvalue weighted by Gasteiger charge is 2.22. The zero-order chi connectivity index (χ0) is 22.2. The van der Waals surface area contributed by atoms with Crippen LogP contribution < -0.4 is 10.2 Å². The van der Waals surface area contributed by atoms with Crippen molar-refractivity contribution < 1.29 is 9.72 Å². The quantitative estimate of drug-likeness (QED) is 0.410. The van der Waals surface area contributed by atoms with Crippen LogP contribution >= 0.6 is 0 Å². The summed E-state index contributed by atoms with van der Waals surface area (Å²) in [5, 5.41) is 14.1. The van der Waals surface area contributed by atoms with Crippen molar-refractivity contribution in [1.29, 1.82) is 0 Å². The number of amides is 1. The van der Waals surface area contributed by atoms with Gasteiger partial charge in [0.25, 0.3) is 11.6 Å². The molecule has 8 heteroatoms. The number of para-hydroxylation sites is 2. The number of nitro groups is 1. The van der Waals surface area contributed by atoms with Gasteiger partial charge in [0.2, 0.25) is 0 Å². The molecule has 0 aliphatic heterocycles. The number of hydrogen-bond donors (Lipinski definition) is 1. The van der Waals surface area contributed by atoms with Gasteiger partial charge in [-0.3, -0.25) is 14.9 Å². The van der Waals surface area contributed by atoms with Gasteiger partial charge in [-0.15, -0.1) is 0 Å². The predicted octanol–water partition coefficient (Wildman–Crippen LogP) is 4.33. The Morgan fingerprint density at radius 3 is 2.42 bits per heavy atom. The van der Waals surface area contributed by atoms with Crippen LogP contribution in [0.4, 0.5) is 22.9 Å². The average Bonchev–Trinajstić information content (AvgIpc) is 2.78. The SMILES string of the molecule is CN(C)CCCN(c1ccccc1)c1ncccc1NC(=O)c1ccccc1[N+](=O)[O-]. The average molecular weight is 419 g/mol. The van der Waals surface area contributed by atoms with Crippen molar-refractivity contribution in [1.82, 2.24) is 9.88 Å². The van der Waals surface area contributed by atoms with Gasteiger partial charge in [-0.25, -0.2) is 4.98 Å². The molecule has 1 heterocycles. The Labute approximate surface area is 181 Å². The number of benzene rings is 2. The standard InChI is InChI=1S/C23H25N5O3/c1-26(2)16-9-17-27(18-10-4-3-5-11-18)22-20(13-8-15-24-22)25-23(29)19-12-6-7-14-21(19)28(30)31/h3-8,10-15H,9,16-17H2,1-2H3,(H,25,29). The fourth-order valence-electron chi connectivity index (χ4n) is 3.23. The molecule has 0 radical (unpaired) electrons. The molecule has 31 heavy (non-hydrogen) atoms. The van der Waals surface area contributed by atoms with E-state index >= 15 is 0 Å². The predicted molar refractivity (Wildman–Crippen MR) is 122 cm³/mol. The van der Waals surface area contributed by atoms with E-state index in [0.29, 0.717) is 18.1 Å². The summed E-state index contributed by atoms with van der Waals surface area (Å²) in [5.41, 5.74) is 1.19. The normalized spacial score (nSPS) is 10.7. The van der Waals surface area contributed by atoms with Crippen molar-refractivity contribution in [2.45, 2.75) is 6.42 Å². The Bertz CT molecular complexity index is 1040. The molecule has 0 aliphatic carbocycles. The Morgan fingerprint density at radius 1 is 1.00 bits per heavy atom. The molecule has 2 aromatic carbocycles. The number of pyridine rings is 1. The van der Waals surface area contributed by atoms with E-state index in [2.05, 4.69) is 15.2 Å². The molecule has 1 N–H and O–H groups in total. The first-order valence-electron chi connectivity index (χ1n) is 9.94. The molecule has 0 fully saturated rings. The second-order valence-corrected chi connectivity index (χ2v) is 7.25. The van der Waals surface area contributed by atoms with Crippen molar-refractivity contribution in [3.05, 3.63) is 88.6 Å². The molecule has 0 spiro atoms. The molecule has 0 saturated carbocycles. The van der Waals surface area contributed by atoms with Crippen LogP contribution in [0.1, 0.15) is 16.8 Å². The van der Waals surface area contributed by atoms with Crippen LogP contribution in [0.3, 0.4) is 0 Å². The number of nitro benzene ring substituents is 1. The van der Waals surface area contributed by atoms with E-state index in [1.54, 1.807) is 24.4 Å². The molecule has 3 aromatic rings. The van der Waals surface area contributed by atoms with Crippen molar-refractivity contribution >= 4 is 28.8 Å². The number of aromatic nitrogens is 1. The minimum Gasteiger partial charge on any atom is -0.325 e. The molecular weight excluding hydrogens is 394 g/mol. The number of rotatable bonds is 9. The summed E-state index contributed by atoms with van der Waals surface area (Å²) in [5.74, 6) is 0.0299. The smallest absolute Gasteiger partial charge is 0.282 e. The van der Waals surface area contributed by atoms with Crippen molar-refractivity contribution in [3.63, 3.8) is 0 Å². The van der Waals surface area contributed by atoms with Gasteiger partial charge in [0.15, 0.2) is 5.82 Å². The van der Waals surface area contributed by atoms with Gasteiger partial charge < -0.3 is 15.1 Å². The Hall–Kier alpha value is -3.78. The van der Waals surface area contributed by atoms with Crippen LogP contribution in [0.25, 0.3) is 0 Å². The molecule has 0 saturated heterocycles. The fourth-order valence-corrected chi connectivity index (χ4v) is 3.23. The van der Waals surface area contributed by atoms with Crippen molar-refractivity contribution in [2.75, 3.05) is 37.4 Å². The molecule has 3 rings (SSSR count). The third kappa shape index (κ3) is 5.64. The third-order valence-corrected chi connectivity index (χ3v) is 4.69. The molecule has 0 atom stereocenters. The number of nitrogens with one attached hydrogen (secondary N) is 1. The topological polar surface area (TPSA) is 91.6 Å². The van der Waals surface area contributed by atoms with E-state index in [1.165, 1.54) is 18.2 Å². The maximum atomic E-state index is 12.9. The minimum absolute atomic E-state index is 0.00109. The van der Waals surface area contributed by atoms with Gasteiger partial charge in [-0.05, 0) is 57.4 Å². The van der Waals surface area contributed by atoms with Crippen molar-refractivity contribution in [2.24, 2.45) is 0 Å².